The van der Waals surface area contributed by atoms with Crippen molar-refractivity contribution in [2.75, 3.05) is 6.61 Å². The summed E-state index contributed by atoms with van der Waals surface area (Å²) in [5.41, 5.74) is 1.79. The molecule has 0 aliphatic rings. The predicted octanol–water partition coefficient (Wildman–Crippen LogP) is 3.58. The van der Waals surface area contributed by atoms with E-state index in [-0.39, 0.29) is 11.5 Å². The lowest BCUT2D eigenvalue weighted by Crippen LogP contribution is -2.06. The van der Waals surface area contributed by atoms with Gasteiger partial charge in [-0.1, -0.05) is 0 Å². The van der Waals surface area contributed by atoms with E-state index in [0.717, 1.165) is 5.56 Å². The van der Waals surface area contributed by atoms with Gasteiger partial charge in [0.1, 0.15) is 23.4 Å². The van der Waals surface area contributed by atoms with Crippen molar-refractivity contribution in [2.24, 2.45) is 0 Å². The summed E-state index contributed by atoms with van der Waals surface area (Å²) in [5.74, 6) is 0.738. The second kappa shape index (κ2) is 7.74. The molecule has 6 heteroatoms. The van der Waals surface area contributed by atoms with E-state index in [9.17, 15) is 9.50 Å². The number of aromatic nitrogens is 1. The van der Waals surface area contributed by atoms with Crippen LogP contribution in [0.25, 0.3) is 11.3 Å². The van der Waals surface area contributed by atoms with Gasteiger partial charge in [-0.2, -0.15) is 5.26 Å². The molecule has 0 aliphatic heterocycles. The number of benzene rings is 2. The Morgan fingerprint density at radius 2 is 1.65 bits per heavy atom. The molecule has 5 nitrogen and oxygen atoms in total. The number of aliphatic hydroxyl groups excluding tert-OH is 2. The third-order valence-corrected chi connectivity index (χ3v) is 3.69. The van der Waals surface area contributed by atoms with E-state index >= 15 is 0 Å². The highest BCUT2D eigenvalue weighted by Gasteiger charge is 2.12. The van der Waals surface area contributed by atoms with E-state index in [0.29, 0.717) is 22.8 Å². The van der Waals surface area contributed by atoms with Crippen molar-refractivity contribution < 1.29 is 19.3 Å². The Bertz CT molecular complexity index is 935. The lowest BCUT2D eigenvalue weighted by atomic mass is 10.1. The fraction of sp³-hybridized carbons (Fsp3) is 0.100. The second-order valence-electron chi connectivity index (χ2n) is 5.56. The maximum Gasteiger partial charge on any atom is 0.127 e. The molecule has 0 aliphatic carbocycles. The van der Waals surface area contributed by atoms with Crippen molar-refractivity contribution in [3.63, 3.8) is 0 Å². The molecule has 26 heavy (non-hydrogen) atoms. The molecule has 1 aromatic heterocycles. The first-order chi connectivity index (χ1) is 12.6. The Labute approximate surface area is 149 Å². The van der Waals surface area contributed by atoms with Gasteiger partial charge in [0.2, 0.25) is 0 Å². The molecule has 0 saturated heterocycles. The standard InChI is InChI=1S/C20H15FN2O3/c21-15-3-7-17(8-4-15)26-16-5-1-14(2-6-16)18-9-13(11-22)10-19(23-18)20(25)12-24/h1-10,20,24-25H,12H2/t20-/m0/s1. The fourth-order valence-corrected chi connectivity index (χ4v) is 2.36. The summed E-state index contributed by atoms with van der Waals surface area (Å²) in [7, 11) is 0. The van der Waals surface area contributed by atoms with Crippen LogP contribution in [0.15, 0.2) is 60.7 Å². The van der Waals surface area contributed by atoms with Gasteiger partial charge in [-0.15, -0.1) is 0 Å². The van der Waals surface area contributed by atoms with Crippen molar-refractivity contribution in [3.05, 3.63) is 77.7 Å². The van der Waals surface area contributed by atoms with Crippen LogP contribution in [0.1, 0.15) is 17.4 Å². The third-order valence-electron chi connectivity index (χ3n) is 3.69. The molecular formula is C20H15FN2O3. The molecule has 2 aromatic carbocycles. The van der Waals surface area contributed by atoms with Crippen molar-refractivity contribution in [1.29, 1.82) is 5.26 Å². The first-order valence-corrected chi connectivity index (χ1v) is 7.84. The monoisotopic (exact) mass is 350 g/mol. The Hall–Kier alpha value is -3.27. The third kappa shape index (κ3) is 4.03. The van der Waals surface area contributed by atoms with E-state index in [1.165, 1.54) is 30.3 Å². The van der Waals surface area contributed by atoms with Gasteiger partial charge < -0.3 is 14.9 Å². The Morgan fingerprint density at radius 1 is 1.04 bits per heavy atom. The van der Waals surface area contributed by atoms with Gasteiger partial charge >= 0.3 is 0 Å². The van der Waals surface area contributed by atoms with E-state index in [4.69, 9.17) is 15.1 Å². The number of pyridine rings is 1. The van der Waals surface area contributed by atoms with Crippen LogP contribution in [0, 0.1) is 17.1 Å². The van der Waals surface area contributed by atoms with Gasteiger partial charge in [0, 0.05) is 5.56 Å². The number of aliphatic hydroxyl groups is 2. The minimum atomic E-state index is -1.15. The average Bonchev–Trinajstić information content (AvgIpc) is 2.69. The van der Waals surface area contributed by atoms with Gasteiger partial charge in [-0.25, -0.2) is 9.37 Å². The summed E-state index contributed by atoms with van der Waals surface area (Å²) in [6, 6.07) is 17.7. The summed E-state index contributed by atoms with van der Waals surface area (Å²) < 4.78 is 18.6. The summed E-state index contributed by atoms with van der Waals surface area (Å²) >= 11 is 0. The van der Waals surface area contributed by atoms with E-state index in [2.05, 4.69) is 4.98 Å². The quantitative estimate of drug-likeness (QED) is 0.734. The fourth-order valence-electron chi connectivity index (χ4n) is 2.36. The highest BCUT2D eigenvalue weighted by atomic mass is 19.1. The molecule has 0 amide bonds. The molecule has 1 heterocycles. The number of halogens is 1. The molecular weight excluding hydrogens is 335 g/mol. The number of nitrogens with zero attached hydrogens (tertiary/aromatic N) is 2. The zero-order valence-electron chi connectivity index (χ0n) is 13.6. The van der Waals surface area contributed by atoms with Crippen LogP contribution in [-0.2, 0) is 0 Å². The minimum Gasteiger partial charge on any atom is -0.457 e. The largest absolute Gasteiger partial charge is 0.457 e. The van der Waals surface area contributed by atoms with Crippen LogP contribution in [0.3, 0.4) is 0 Å². The molecule has 0 unspecified atom stereocenters. The zero-order chi connectivity index (χ0) is 18.5. The van der Waals surface area contributed by atoms with Crippen molar-refractivity contribution in [3.8, 4) is 28.8 Å². The van der Waals surface area contributed by atoms with Crippen LogP contribution in [0.4, 0.5) is 4.39 Å². The summed E-state index contributed by atoms with van der Waals surface area (Å²) in [6.45, 7) is -0.480. The lowest BCUT2D eigenvalue weighted by molar-refractivity contribution is 0.0923. The van der Waals surface area contributed by atoms with Crippen LogP contribution >= 0.6 is 0 Å². The number of hydrogen-bond acceptors (Lipinski definition) is 5. The molecule has 2 N–H and O–H groups in total. The number of rotatable bonds is 5. The van der Waals surface area contributed by atoms with Crippen LogP contribution in [0.5, 0.6) is 11.5 Å². The number of hydrogen-bond donors (Lipinski definition) is 2. The van der Waals surface area contributed by atoms with Gasteiger partial charge in [0.25, 0.3) is 0 Å². The van der Waals surface area contributed by atoms with E-state index in [1.807, 2.05) is 6.07 Å². The van der Waals surface area contributed by atoms with Gasteiger partial charge in [0.15, 0.2) is 0 Å². The van der Waals surface area contributed by atoms with E-state index < -0.39 is 12.7 Å². The summed E-state index contributed by atoms with van der Waals surface area (Å²) in [6.07, 6.45) is -1.15. The molecule has 0 fully saturated rings. The molecule has 1 atom stereocenters. The van der Waals surface area contributed by atoms with Crippen LogP contribution in [0.2, 0.25) is 0 Å². The highest BCUT2D eigenvalue weighted by Crippen LogP contribution is 2.26. The maximum absolute atomic E-state index is 12.9. The lowest BCUT2D eigenvalue weighted by Gasteiger charge is -2.10. The Kier molecular flexibility index (Phi) is 5.23. The molecule has 3 aromatic rings. The summed E-state index contributed by atoms with van der Waals surface area (Å²) in [4.78, 5) is 4.30. The Morgan fingerprint density at radius 3 is 2.23 bits per heavy atom. The molecule has 3 rings (SSSR count). The highest BCUT2D eigenvalue weighted by molar-refractivity contribution is 5.62. The van der Waals surface area contributed by atoms with Crippen molar-refractivity contribution in [2.45, 2.75) is 6.10 Å². The molecule has 0 bridgehead atoms. The van der Waals surface area contributed by atoms with Gasteiger partial charge in [0.05, 0.1) is 29.6 Å². The zero-order valence-corrected chi connectivity index (χ0v) is 13.6. The molecule has 0 spiro atoms. The first kappa shape index (κ1) is 17.5. The smallest absolute Gasteiger partial charge is 0.127 e. The topological polar surface area (TPSA) is 86.4 Å². The normalized spacial score (nSPS) is 11.6. The van der Waals surface area contributed by atoms with Crippen LogP contribution < -0.4 is 4.74 Å². The molecule has 0 radical (unpaired) electrons. The van der Waals surface area contributed by atoms with Gasteiger partial charge in [-0.3, -0.25) is 0 Å². The van der Waals surface area contributed by atoms with Crippen LogP contribution in [-0.4, -0.2) is 21.8 Å². The number of nitriles is 1. The molecule has 0 saturated carbocycles. The predicted molar refractivity (Wildman–Crippen MR) is 92.9 cm³/mol. The maximum atomic E-state index is 12.9. The van der Waals surface area contributed by atoms with Gasteiger partial charge in [-0.05, 0) is 60.7 Å². The summed E-state index contributed by atoms with van der Waals surface area (Å²) in [5, 5.41) is 28.0. The second-order valence-corrected chi connectivity index (χ2v) is 5.56. The van der Waals surface area contributed by atoms with Crippen molar-refractivity contribution >= 4 is 0 Å². The minimum absolute atomic E-state index is 0.230. The van der Waals surface area contributed by atoms with Crippen molar-refractivity contribution in [1.82, 2.24) is 4.98 Å². The van der Waals surface area contributed by atoms with E-state index in [1.54, 1.807) is 30.3 Å². The molecule has 130 valence electrons. The Balaban J connectivity index is 1.86. The first-order valence-electron chi connectivity index (χ1n) is 7.84. The number of ether oxygens (including phenoxy) is 1. The SMILES string of the molecule is N#Cc1cc(-c2ccc(Oc3ccc(F)cc3)cc2)nc([C@@H](O)CO)c1. The average molecular weight is 350 g/mol.